The molecule has 0 aliphatic rings. The minimum Gasteiger partial charge on any atom is -0.319 e. The molecule has 0 heterocycles. The van der Waals surface area contributed by atoms with Crippen LogP contribution in [0.15, 0.2) is 0 Å². The molecular weight excluding hydrogens is 148 g/mol. The number of rotatable bonds is 6. The Labute approximate surface area is 77.1 Å². The largest absolute Gasteiger partial charge is 0.319 e. The lowest BCUT2D eigenvalue weighted by Gasteiger charge is -2.29. The second-order valence-electron chi connectivity index (χ2n) is 3.78. The molecule has 0 radical (unpaired) electrons. The smallest absolute Gasteiger partial charge is 0.0127 e. The highest BCUT2D eigenvalue weighted by Gasteiger charge is 2.20. The SMILES string of the molecule is CCC(CNC)C(NC)C(C)C. The monoisotopic (exact) mass is 172 g/mol. The van der Waals surface area contributed by atoms with E-state index in [4.69, 9.17) is 0 Å². The van der Waals surface area contributed by atoms with E-state index in [0.29, 0.717) is 12.0 Å². The third-order valence-corrected chi connectivity index (χ3v) is 2.55. The van der Waals surface area contributed by atoms with Crippen LogP contribution in [0.5, 0.6) is 0 Å². The summed E-state index contributed by atoms with van der Waals surface area (Å²) in [4.78, 5) is 0. The quantitative estimate of drug-likeness (QED) is 0.634. The molecule has 0 saturated heterocycles. The molecule has 0 aromatic carbocycles. The maximum Gasteiger partial charge on any atom is 0.0127 e. The Hall–Kier alpha value is -0.0800. The van der Waals surface area contributed by atoms with Gasteiger partial charge in [0, 0.05) is 6.04 Å². The van der Waals surface area contributed by atoms with E-state index in [1.165, 1.54) is 6.42 Å². The summed E-state index contributed by atoms with van der Waals surface area (Å²) >= 11 is 0. The third kappa shape index (κ3) is 3.55. The third-order valence-electron chi connectivity index (χ3n) is 2.55. The normalized spacial score (nSPS) is 16.5. The Morgan fingerprint density at radius 3 is 2.00 bits per heavy atom. The molecule has 0 aromatic heterocycles. The summed E-state index contributed by atoms with van der Waals surface area (Å²) in [6.45, 7) is 7.92. The lowest BCUT2D eigenvalue weighted by atomic mass is 9.88. The molecule has 0 amide bonds. The van der Waals surface area contributed by atoms with Crippen LogP contribution in [0.25, 0.3) is 0 Å². The molecule has 0 spiro atoms. The molecule has 74 valence electrons. The number of hydrogen-bond donors (Lipinski definition) is 2. The van der Waals surface area contributed by atoms with Crippen LogP contribution in [-0.4, -0.2) is 26.7 Å². The molecule has 2 N–H and O–H groups in total. The molecule has 0 aliphatic carbocycles. The van der Waals surface area contributed by atoms with Crippen molar-refractivity contribution in [3.8, 4) is 0 Å². The summed E-state index contributed by atoms with van der Waals surface area (Å²) in [5.41, 5.74) is 0. The summed E-state index contributed by atoms with van der Waals surface area (Å²) in [6.07, 6.45) is 1.24. The van der Waals surface area contributed by atoms with Crippen LogP contribution in [0.1, 0.15) is 27.2 Å². The minimum atomic E-state index is 0.641. The second-order valence-corrected chi connectivity index (χ2v) is 3.78. The lowest BCUT2D eigenvalue weighted by molar-refractivity contribution is 0.285. The van der Waals surface area contributed by atoms with Crippen molar-refractivity contribution in [1.29, 1.82) is 0 Å². The van der Waals surface area contributed by atoms with Gasteiger partial charge in [-0.1, -0.05) is 27.2 Å². The van der Waals surface area contributed by atoms with Crippen molar-refractivity contribution in [3.63, 3.8) is 0 Å². The van der Waals surface area contributed by atoms with Gasteiger partial charge in [0.2, 0.25) is 0 Å². The van der Waals surface area contributed by atoms with Gasteiger partial charge in [-0.05, 0) is 32.5 Å². The van der Waals surface area contributed by atoms with Crippen LogP contribution in [0.3, 0.4) is 0 Å². The fraction of sp³-hybridized carbons (Fsp3) is 1.00. The van der Waals surface area contributed by atoms with E-state index in [9.17, 15) is 0 Å². The van der Waals surface area contributed by atoms with Crippen molar-refractivity contribution in [2.75, 3.05) is 20.6 Å². The first kappa shape index (κ1) is 11.9. The van der Waals surface area contributed by atoms with Gasteiger partial charge in [0.1, 0.15) is 0 Å². The van der Waals surface area contributed by atoms with Gasteiger partial charge in [0.05, 0.1) is 0 Å². The predicted molar refractivity (Wildman–Crippen MR) is 55.4 cm³/mol. The zero-order valence-corrected chi connectivity index (χ0v) is 9.15. The molecule has 2 unspecified atom stereocenters. The summed E-state index contributed by atoms with van der Waals surface area (Å²) in [7, 11) is 4.08. The summed E-state index contributed by atoms with van der Waals surface area (Å²) in [5.74, 6) is 1.47. The highest BCUT2D eigenvalue weighted by atomic mass is 14.9. The summed E-state index contributed by atoms with van der Waals surface area (Å²) in [6, 6.07) is 0.641. The van der Waals surface area contributed by atoms with Gasteiger partial charge in [-0.15, -0.1) is 0 Å². The van der Waals surface area contributed by atoms with Crippen LogP contribution in [0.2, 0.25) is 0 Å². The fourth-order valence-corrected chi connectivity index (χ4v) is 1.90. The maximum atomic E-state index is 3.40. The van der Waals surface area contributed by atoms with E-state index < -0.39 is 0 Å². The molecule has 0 rings (SSSR count). The van der Waals surface area contributed by atoms with Crippen molar-refractivity contribution in [2.24, 2.45) is 11.8 Å². The number of nitrogens with one attached hydrogen (secondary N) is 2. The standard InChI is InChI=1S/C10H24N2/c1-6-9(7-11-4)10(12-5)8(2)3/h8-12H,6-7H2,1-5H3. The molecule has 0 bridgehead atoms. The molecule has 12 heavy (non-hydrogen) atoms. The highest BCUT2D eigenvalue weighted by molar-refractivity contribution is 4.78. The molecule has 0 saturated carbocycles. The second kappa shape index (κ2) is 6.44. The molecule has 0 aromatic rings. The predicted octanol–water partition coefficient (Wildman–Crippen LogP) is 1.48. The minimum absolute atomic E-state index is 0.641. The summed E-state index contributed by atoms with van der Waals surface area (Å²) in [5, 5.41) is 6.65. The van der Waals surface area contributed by atoms with E-state index in [1.807, 2.05) is 7.05 Å². The maximum absolute atomic E-state index is 3.40. The van der Waals surface area contributed by atoms with Crippen LogP contribution in [0, 0.1) is 11.8 Å². The van der Waals surface area contributed by atoms with Crippen LogP contribution < -0.4 is 10.6 Å². The Kier molecular flexibility index (Phi) is 6.39. The highest BCUT2D eigenvalue weighted by Crippen LogP contribution is 2.14. The Balaban J connectivity index is 4.02. The van der Waals surface area contributed by atoms with Gasteiger partial charge >= 0.3 is 0 Å². The van der Waals surface area contributed by atoms with Gasteiger partial charge in [-0.2, -0.15) is 0 Å². The topological polar surface area (TPSA) is 24.1 Å². The van der Waals surface area contributed by atoms with E-state index >= 15 is 0 Å². The zero-order valence-electron chi connectivity index (χ0n) is 9.15. The molecule has 2 heteroatoms. The molecule has 0 fully saturated rings. The van der Waals surface area contributed by atoms with Crippen molar-refractivity contribution >= 4 is 0 Å². The van der Waals surface area contributed by atoms with Gasteiger partial charge in [0.15, 0.2) is 0 Å². The van der Waals surface area contributed by atoms with Crippen LogP contribution >= 0.6 is 0 Å². The molecule has 2 atom stereocenters. The number of hydrogen-bond acceptors (Lipinski definition) is 2. The van der Waals surface area contributed by atoms with Gasteiger partial charge in [-0.25, -0.2) is 0 Å². The fourth-order valence-electron chi connectivity index (χ4n) is 1.90. The lowest BCUT2D eigenvalue weighted by Crippen LogP contribution is -2.41. The van der Waals surface area contributed by atoms with Crippen molar-refractivity contribution < 1.29 is 0 Å². The molecule has 2 nitrogen and oxygen atoms in total. The average molecular weight is 172 g/mol. The molecule has 0 aliphatic heterocycles. The van der Waals surface area contributed by atoms with Gasteiger partial charge in [0.25, 0.3) is 0 Å². The van der Waals surface area contributed by atoms with Gasteiger partial charge in [-0.3, -0.25) is 0 Å². The first-order valence-corrected chi connectivity index (χ1v) is 4.99. The van der Waals surface area contributed by atoms with Crippen molar-refractivity contribution in [2.45, 2.75) is 33.2 Å². The average Bonchev–Trinajstić information content (AvgIpc) is 2.03. The van der Waals surface area contributed by atoms with Crippen LogP contribution in [-0.2, 0) is 0 Å². The molecular formula is C10H24N2. The Morgan fingerprint density at radius 2 is 1.75 bits per heavy atom. The van der Waals surface area contributed by atoms with Crippen molar-refractivity contribution in [3.05, 3.63) is 0 Å². The van der Waals surface area contributed by atoms with E-state index in [-0.39, 0.29) is 0 Å². The van der Waals surface area contributed by atoms with Crippen LogP contribution in [0.4, 0.5) is 0 Å². The first-order valence-electron chi connectivity index (χ1n) is 4.99. The first-order chi connectivity index (χ1) is 5.67. The summed E-state index contributed by atoms with van der Waals surface area (Å²) < 4.78 is 0. The Bertz CT molecular complexity index is 102. The van der Waals surface area contributed by atoms with Crippen molar-refractivity contribution in [1.82, 2.24) is 10.6 Å². The van der Waals surface area contributed by atoms with E-state index in [1.54, 1.807) is 0 Å². The Morgan fingerprint density at radius 1 is 1.17 bits per heavy atom. The van der Waals surface area contributed by atoms with Gasteiger partial charge < -0.3 is 10.6 Å². The van der Waals surface area contributed by atoms with E-state index in [0.717, 1.165) is 12.5 Å². The van der Waals surface area contributed by atoms with E-state index in [2.05, 4.69) is 38.5 Å². The zero-order chi connectivity index (χ0) is 9.56.